The summed E-state index contributed by atoms with van der Waals surface area (Å²) >= 11 is 5.96. The number of hydrogen-bond acceptors (Lipinski definition) is 2. The first kappa shape index (κ1) is 12.3. The second-order valence-electron chi connectivity index (χ2n) is 3.58. The van der Waals surface area contributed by atoms with Gasteiger partial charge < -0.3 is 5.11 Å². The lowest BCUT2D eigenvalue weighted by Gasteiger charge is -2.03. The topological polar surface area (TPSA) is 49.7 Å². The molecule has 2 aromatic carbocycles. The number of benzene rings is 2. The van der Waals surface area contributed by atoms with E-state index in [1.165, 1.54) is 0 Å². The van der Waals surface area contributed by atoms with Crippen molar-refractivity contribution in [2.75, 3.05) is 0 Å². The maximum atomic E-state index is 11.2. The van der Waals surface area contributed by atoms with Gasteiger partial charge >= 0.3 is 5.97 Å². The molecule has 0 atom stereocenters. The first-order valence-corrected chi connectivity index (χ1v) is 5.68. The Kier molecular flexibility index (Phi) is 3.75. The zero-order valence-electron chi connectivity index (χ0n) is 9.38. The highest BCUT2D eigenvalue weighted by atomic mass is 35.5. The summed E-state index contributed by atoms with van der Waals surface area (Å²) in [5, 5.41) is 9.63. The minimum absolute atomic E-state index is 0.0244. The maximum absolute atomic E-state index is 11.2. The van der Waals surface area contributed by atoms with Crippen LogP contribution in [0.2, 0.25) is 5.02 Å². The van der Waals surface area contributed by atoms with E-state index in [0.717, 1.165) is 0 Å². The predicted molar refractivity (Wildman–Crippen MR) is 71.7 cm³/mol. The molecule has 90 valence electrons. The Balaban J connectivity index is 2.50. The van der Waals surface area contributed by atoms with Crippen LogP contribution in [0.15, 0.2) is 59.6 Å². The summed E-state index contributed by atoms with van der Waals surface area (Å²) in [5.74, 6) is -1.08. The van der Waals surface area contributed by atoms with Gasteiger partial charge in [0.05, 0.1) is 10.7 Å². The summed E-state index contributed by atoms with van der Waals surface area (Å²) in [6, 6.07) is 15.6. The summed E-state index contributed by atoms with van der Waals surface area (Å²) in [6.07, 6.45) is 0. The van der Waals surface area contributed by atoms with Crippen LogP contribution in [0.4, 0.5) is 5.69 Å². The smallest absolute Gasteiger partial charge is 0.355 e. The second-order valence-corrected chi connectivity index (χ2v) is 3.99. The Bertz CT molecular complexity index is 594. The van der Waals surface area contributed by atoms with Crippen molar-refractivity contribution in [3.63, 3.8) is 0 Å². The molecule has 4 heteroatoms. The van der Waals surface area contributed by atoms with Gasteiger partial charge in [-0.25, -0.2) is 9.79 Å². The molecule has 2 rings (SSSR count). The molecule has 0 aliphatic rings. The molecule has 0 radical (unpaired) electrons. The first-order valence-electron chi connectivity index (χ1n) is 5.30. The fourth-order valence-electron chi connectivity index (χ4n) is 1.49. The average Bonchev–Trinajstić information content (AvgIpc) is 2.38. The van der Waals surface area contributed by atoms with E-state index in [1.807, 2.05) is 6.07 Å². The SMILES string of the molecule is O=C(O)C(=Nc1ccccc1Cl)c1ccccc1. The Hall–Kier alpha value is -2.13. The van der Waals surface area contributed by atoms with Crippen molar-refractivity contribution in [1.29, 1.82) is 0 Å². The monoisotopic (exact) mass is 259 g/mol. The molecule has 0 heterocycles. The van der Waals surface area contributed by atoms with Crippen molar-refractivity contribution in [2.45, 2.75) is 0 Å². The fourth-order valence-corrected chi connectivity index (χ4v) is 1.67. The average molecular weight is 260 g/mol. The van der Waals surface area contributed by atoms with Crippen LogP contribution in [0.5, 0.6) is 0 Å². The van der Waals surface area contributed by atoms with E-state index < -0.39 is 5.97 Å². The van der Waals surface area contributed by atoms with E-state index in [4.69, 9.17) is 11.6 Å². The van der Waals surface area contributed by atoms with Gasteiger partial charge in [0, 0.05) is 5.56 Å². The van der Waals surface area contributed by atoms with Crippen molar-refractivity contribution in [3.05, 3.63) is 65.2 Å². The van der Waals surface area contributed by atoms with Crippen molar-refractivity contribution in [3.8, 4) is 0 Å². The summed E-state index contributed by atoms with van der Waals surface area (Å²) in [6.45, 7) is 0. The minimum atomic E-state index is -1.08. The van der Waals surface area contributed by atoms with E-state index in [9.17, 15) is 9.90 Å². The van der Waals surface area contributed by atoms with Crippen LogP contribution in [0, 0.1) is 0 Å². The van der Waals surface area contributed by atoms with Gasteiger partial charge in [0.2, 0.25) is 0 Å². The third-order valence-corrected chi connectivity index (χ3v) is 2.65. The minimum Gasteiger partial charge on any atom is -0.476 e. The highest BCUT2D eigenvalue weighted by Crippen LogP contribution is 2.24. The molecule has 0 aliphatic carbocycles. The second kappa shape index (κ2) is 5.47. The molecule has 0 saturated heterocycles. The highest BCUT2D eigenvalue weighted by molar-refractivity contribution is 6.43. The van der Waals surface area contributed by atoms with Gasteiger partial charge in [-0.05, 0) is 12.1 Å². The highest BCUT2D eigenvalue weighted by Gasteiger charge is 2.12. The van der Waals surface area contributed by atoms with Gasteiger partial charge in [-0.2, -0.15) is 0 Å². The number of hydrogen-bond donors (Lipinski definition) is 1. The Morgan fingerprint density at radius 3 is 2.22 bits per heavy atom. The van der Waals surface area contributed by atoms with Gasteiger partial charge in [0.25, 0.3) is 0 Å². The van der Waals surface area contributed by atoms with Gasteiger partial charge in [-0.1, -0.05) is 54.1 Å². The van der Waals surface area contributed by atoms with Crippen molar-refractivity contribution in [1.82, 2.24) is 0 Å². The van der Waals surface area contributed by atoms with Crippen LogP contribution < -0.4 is 0 Å². The number of carboxylic acids is 1. The summed E-state index contributed by atoms with van der Waals surface area (Å²) in [4.78, 5) is 15.4. The number of halogens is 1. The molecule has 0 bridgehead atoms. The number of rotatable bonds is 3. The molecule has 0 saturated carbocycles. The normalized spacial score (nSPS) is 11.3. The van der Waals surface area contributed by atoms with E-state index in [-0.39, 0.29) is 5.71 Å². The standard InChI is InChI=1S/C14H10ClNO2/c15-11-8-4-5-9-12(11)16-13(14(17)18)10-6-2-1-3-7-10/h1-9H,(H,17,18). The number of aliphatic carboxylic acids is 1. The number of nitrogens with zero attached hydrogens (tertiary/aromatic N) is 1. The van der Waals surface area contributed by atoms with E-state index in [1.54, 1.807) is 48.5 Å². The van der Waals surface area contributed by atoms with Gasteiger partial charge in [0.1, 0.15) is 0 Å². The van der Waals surface area contributed by atoms with Gasteiger partial charge in [-0.15, -0.1) is 0 Å². The van der Waals surface area contributed by atoms with Crippen LogP contribution in [0.25, 0.3) is 0 Å². The third-order valence-electron chi connectivity index (χ3n) is 2.33. The Morgan fingerprint density at radius 2 is 1.61 bits per heavy atom. The molecule has 0 fully saturated rings. The van der Waals surface area contributed by atoms with Gasteiger partial charge in [-0.3, -0.25) is 0 Å². The fraction of sp³-hybridized carbons (Fsp3) is 0. The zero-order chi connectivity index (χ0) is 13.0. The molecular formula is C14H10ClNO2. The molecule has 2 aromatic rings. The summed E-state index contributed by atoms with van der Waals surface area (Å²) < 4.78 is 0. The molecule has 1 N–H and O–H groups in total. The number of para-hydroxylation sites is 1. The maximum Gasteiger partial charge on any atom is 0.355 e. The van der Waals surface area contributed by atoms with Crippen LogP contribution in [-0.2, 0) is 4.79 Å². The molecule has 0 spiro atoms. The molecule has 18 heavy (non-hydrogen) atoms. The van der Waals surface area contributed by atoms with Crippen molar-refractivity contribution >= 4 is 29.0 Å². The molecule has 0 unspecified atom stereocenters. The van der Waals surface area contributed by atoms with E-state index >= 15 is 0 Å². The zero-order valence-corrected chi connectivity index (χ0v) is 10.1. The predicted octanol–water partition coefficient (Wildman–Crippen LogP) is 3.55. The lowest BCUT2D eigenvalue weighted by atomic mass is 10.1. The van der Waals surface area contributed by atoms with Crippen molar-refractivity contribution < 1.29 is 9.90 Å². The Morgan fingerprint density at radius 1 is 1.00 bits per heavy atom. The molecular weight excluding hydrogens is 250 g/mol. The first-order chi connectivity index (χ1) is 8.68. The molecule has 0 aromatic heterocycles. The van der Waals surface area contributed by atoms with Crippen molar-refractivity contribution in [2.24, 2.45) is 4.99 Å². The summed E-state index contributed by atoms with van der Waals surface area (Å²) in [5.41, 5.74) is 0.967. The number of carbonyl (C=O) groups is 1. The van der Waals surface area contributed by atoms with Crippen LogP contribution in [-0.4, -0.2) is 16.8 Å². The quantitative estimate of drug-likeness (QED) is 0.857. The van der Waals surface area contributed by atoms with E-state index in [2.05, 4.69) is 4.99 Å². The van der Waals surface area contributed by atoms with Crippen LogP contribution in [0.3, 0.4) is 0 Å². The molecule has 0 amide bonds. The van der Waals surface area contributed by atoms with E-state index in [0.29, 0.717) is 16.3 Å². The third kappa shape index (κ3) is 2.76. The summed E-state index contributed by atoms with van der Waals surface area (Å²) in [7, 11) is 0. The number of carboxylic acid groups (broad SMARTS) is 1. The molecule has 3 nitrogen and oxygen atoms in total. The van der Waals surface area contributed by atoms with Crippen LogP contribution >= 0.6 is 11.6 Å². The lowest BCUT2D eigenvalue weighted by Crippen LogP contribution is -2.13. The van der Waals surface area contributed by atoms with Gasteiger partial charge in [0.15, 0.2) is 5.71 Å². The Labute approximate surface area is 109 Å². The number of aliphatic imine (C=N–C) groups is 1. The van der Waals surface area contributed by atoms with Crippen LogP contribution in [0.1, 0.15) is 5.56 Å². The lowest BCUT2D eigenvalue weighted by molar-refractivity contribution is -0.129. The molecule has 0 aliphatic heterocycles. The largest absolute Gasteiger partial charge is 0.476 e.